The van der Waals surface area contributed by atoms with Gasteiger partial charge in [-0.25, -0.2) is 15.0 Å². The molecule has 0 amide bonds. The molecule has 0 atom stereocenters. The largest absolute Gasteiger partial charge is 0.493 e. The number of hydrogen-bond donors (Lipinski definition) is 4. The lowest BCUT2D eigenvalue weighted by Crippen LogP contribution is -2.15. The van der Waals surface area contributed by atoms with Crippen LogP contribution < -0.4 is 20.9 Å². The van der Waals surface area contributed by atoms with E-state index in [2.05, 4.69) is 25.7 Å². The lowest BCUT2D eigenvalue weighted by atomic mass is 10.1. The third-order valence-electron chi connectivity index (χ3n) is 4.76. The van der Waals surface area contributed by atoms with Gasteiger partial charge in [0.05, 0.1) is 32.0 Å². The number of nitrogens with zero attached hydrogens (tertiary/aromatic N) is 4. The summed E-state index contributed by atoms with van der Waals surface area (Å²) in [6, 6.07) is 7.51. The molecule has 10 heteroatoms. The number of methoxy groups -OCH3 is 2. The molecule has 2 aromatic rings. The van der Waals surface area contributed by atoms with Crippen molar-refractivity contribution in [2.75, 3.05) is 14.2 Å². The summed E-state index contributed by atoms with van der Waals surface area (Å²) < 4.78 is 10.6. The van der Waals surface area contributed by atoms with Gasteiger partial charge in [0.1, 0.15) is 11.7 Å². The van der Waals surface area contributed by atoms with Crippen molar-refractivity contribution in [1.29, 1.82) is 10.8 Å². The molecule has 0 aliphatic carbocycles. The van der Waals surface area contributed by atoms with Crippen LogP contribution in [-0.2, 0) is 12.8 Å². The number of rotatable bonds is 9. The molecule has 0 saturated carbocycles. The molecule has 2 heterocycles. The Morgan fingerprint density at radius 3 is 2.47 bits per heavy atom. The van der Waals surface area contributed by atoms with Crippen molar-refractivity contribution in [3.8, 4) is 11.5 Å². The van der Waals surface area contributed by atoms with Crippen LogP contribution in [0.1, 0.15) is 37.4 Å². The Bertz CT molecular complexity index is 1210. The lowest BCUT2D eigenvalue weighted by molar-refractivity contribution is 0.354. The van der Waals surface area contributed by atoms with Crippen molar-refractivity contribution in [3.05, 3.63) is 77.4 Å². The normalized spacial score (nSPS) is 13.4. The first-order chi connectivity index (χ1) is 18.4. The number of aromatic nitrogens is 2. The minimum absolute atomic E-state index is 0.404. The van der Waals surface area contributed by atoms with E-state index in [4.69, 9.17) is 26.0 Å². The topological polar surface area (TPSA) is 169 Å². The lowest BCUT2D eigenvalue weighted by Gasteiger charge is -2.09. The molecule has 3 rings (SSSR count). The second-order valence-corrected chi connectivity index (χ2v) is 7.47. The maximum absolute atomic E-state index is 7.82. The number of dihydropyridines is 1. The molecule has 0 radical (unpaired) electrons. The molecule has 10 nitrogen and oxygen atoms in total. The number of benzene rings is 1. The SMILES string of the molecule is CC.COc1ccc(CC(N)=Nc2cc(CC/C=C/C=C3/N=CC=CC3=N)nc(C)n2)cc1OC.N=CN. The third-order valence-corrected chi connectivity index (χ3v) is 4.76. The van der Waals surface area contributed by atoms with Crippen LogP contribution in [0.2, 0.25) is 0 Å². The van der Waals surface area contributed by atoms with E-state index in [0.717, 1.165) is 30.4 Å². The predicted molar refractivity (Wildman–Crippen MR) is 157 cm³/mol. The Labute approximate surface area is 225 Å². The van der Waals surface area contributed by atoms with Gasteiger partial charge in [-0.2, -0.15) is 0 Å². The molecular formula is C28H38N8O2. The minimum atomic E-state index is 0.404. The molecule has 1 aromatic heterocycles. The number of hydrogen-bond acceptors (Lipinski definition) is 8. The van der Waals surface area contributed by atoms with Gasteiger partial charge < -0.3 is 20.9 Å². The first-order valence-electron chi connectivity index (χ1n) is 12.2. The standard InChI is InChI=1S/C25H28N6O2.C2H6.CH4N2/c1-17-29-19(8-5-4-6-10-21-20(26)9-7-13-28-21)16-25(30-17)31-24(27)15-18-11-12-22(32-2)23(14-18)33-3;1-2;2-1-3/h4,6-7,9-14,16,26H,5,8,15H2,1-3H3,(H2,27,29,30,31);1-2H3;1H,(H3,2,3)/b6-4+,21-10+,26-20?;;. The number of nitrogens with one attached hydrogen (secondary N) is 2. The van der Waals surface area contributed by atoms with Crippen LogP contribution in [0.5, 0.6) is 11.5 Å². The van der Waals surface area contributed by atoms with Gasteiger partial charge in [0.2, 0.25) is 0 Å². The van der Waals surface area contributed by atoms with Gasteiger partial charge in [-0.3, -0.25) is 15.8 Å². The Kier molecular flexibility index (Phi) is 14.7. The van der Waals surface area contributed by atoms with Crippen LogP contribution in [0.25, 0.3) is 0 Å². The van der Waals surface area contributed by atoms with Gasteiger partial charge in [0, 0.05) is 24.4 Å². The van der Waals surface area contributed by atoms with Crippen molar-refractivity contribution < 1.29 is 9.47 Å². The van der Waals surface area contributed by atoms with Crippen molar-refractivity contribution in [3.63, 3.8) is 0 Å². The Hall–Kier alpha value is -4.60. The highest BCUT2D eigenvalue weighted by atomic mass is 16.5. The first-order valence-corrected chi connectivity index (χ1v) is 12.2. The fourth-order valence-electron chi connectivity index (χ4n) is 3.22. The van der Waals surface area contributed by atoms with E-state index < -0.39 is 0 Å². The van der Waals surface area contributed by atoms with Crippen LogP contribution in [0.4, 0.5) is 5.82 Å². The summed E-state index contributed by atoms with van der Waals surface area (Å²) >= 11 is 0. The Balaban J connectivity index is 0.00000135. The van der Waals surface area contributed by atoms with E-state index in [1.54, 1.807) is 32.6 Å². The van der Waals surface area contributed by atoms with E-state index in [1.165, 1.54) is 0 Å². The van der Waals surface area contributed by atoms with Gasteiger partial charge in [0.25, 0.3) is 0 Å². The van der Waals surface area contributed by atoms with Gasteiger partial charge in [-0.05, 0) is 55.7 Å². The summed E-state index contributed by atoms with van der Waals surface area (Å²) in [7, 11) is 3.20. The molecule has 6 N–H and O–H groups in total. The monoisotopic (exact) mass is 518 g/mol. The van der Waals surface area contributed by atoms with Crippen LogP contribution >= 0.6 is 0 Å². The molecule has 1 aromatic carbocycles. The van der Waals surface area contributed by atoms with Crippen molar-refractivity contribution >= 4 is 29.9 Å². The molecule has 0 spiro atoms. The summed E-state index contributed by atoms with van der Waals surface area (Å²) in [5.74, 6) is 2.95. The predicted octanol–water partition coefficient (Wildman–Crippen LogP) is 4.65. The van der Waals surface area contributed by atoms with Gasteiger partial charge >= 0.3 is 0 Å². The van der Waals surface area contributed by atoms with Crippen LogP contribution in [-0.4, -0.2) is 48.3 Å². The summed E-state index contributed by atoms with van der Waals surface area (Å²) in [5.41, 5.74) is 13.5. The number of amidine groups is 1. The van der Waals surface area contributed by atoms with Crippen LogP contribution in [0, 0.1) is 17.7 Å². The zero-order chi connectivity index (χ0) is 28.3. The minimum Gasteiger partial charge on any atom is -0.493 e. The highest BCUT2D eigenvalue weighted by Crippen LogP contribution is 2.27. The van der Waals surface area contributed by atoms with Crippen LogP contribution in [0.3, 0.4) is 0 Å². The molecule has 1 aliphatic rings. The van der Waals surface area contributed by atoms with Gasteiger partial charge in [-0.1, -0.05) is 32.1 Å². The van der Waals surface area contributed by atoms with E-state index in [9.17, 15) is 0 Å². The average Bonchev–Trinajstić information content (AvgIpc) is 2.90. The summed E-state index contributed by atoms with van der Waals surface area (Å²) in [6.45, 7) is 5.84. The van der Waals surface area contributed by atoms with E-state index >= 15 is 0 Å². The first kappa shape index (κ1) is 31.4. The van der Waals surface area contributed by atoms with E-state index in [0.29, 0.717) is 46.8 Å². The molecule has 0 saturated heterocycles. The van der Waals surface area contributed by atoms with Crippen molar-refractivity contribution in [2.45, 2.75) is 40.0 Å². The highest BCUT2D eigenvalue weighted by molar-refractivity contribution is 6.10. The van der Waals surface area contributed by atoms with E-state index in [1.807, 2.05) is 63.3 Å². The molecule has 1 aliphatic heterocycles. The average molecular weight is 519 g/mol. The maximum atomic E-state index is 7.82. The van der Waals surface area contributed by atoms with Gasteiger partial charge in [0.15, 0.2) is 17.3 Å². The summed E-state index contributed by atoms with van der Waals surface area (Å²) in [4.78, 5) is 17.6. The molecule has 0 bridgehead atoms. The number of allylic oxidation sites excluding steroid dienone is 5. The second kappa shape index (κ2) is 17.8. The van der Waals surface area contributed by atoms with Crippen LogP contribution in [0.15, 0.2) is 70.3 Å². The maximum Gasteiger partial charge on any atom is 0.161 e. The molecule has 38 heavy (non-hydrogen) atoms. The molecular weight excluding hydrogens is 480 g/mol. The Morgan fingerprint density at radius 1 is 1.11 bits per heavy atom. The number of aliphatic imine (C=N–C) groups is 2. The number of ether oxygens (including phenoxy) is 2. The fourth-order valence-corrected chi connectivity index (χ4v) is 3.22. The van der Waals surface area contributed by atoms with Gasteiger partial charge in [-0.15, -0.1) is 0 Å². The second-order valence-electron chi connectivity index (χ2n) is 7.47. The van der Waals surface area contributed by atoms with Crippen molar-refractivity contribution in [2.24, 2.45) is 21.5 Å². The Morgan fingerprint density at radius 2 is 1.82 bits per heavy atom. The zero-order valence-electron chi connectivity index (χ0n) is 22.7. The summed E-state index contributed by atoms with van der Waals surface area (Å²) in [6.07, 6.45) is 13.7. The van der Waals surface area contributed by atoms with Crippen molar-refractivity contribution in [1.82, 2.24) is 9.97 Å². The number of nitrogens with two attached hydrogens (primary N) is 2. The molecule has 0 fully saturated rings. The fraction of sp³-hybridized carbons (Fsp3) is 0.286. The van der Waals surface area contributed by atoms with E-state index in [-0.39, 0.29) is 0 Å². The smallest absolute Gasteiger partial charge is 0.161 e. The third kappa shape index (κ3) is 11.0. The zero-order valence-corrected chi connectivity index (χ0v) is 22.7. The quantitative estimate of drug-likeness (QED) is 0.278. The number of aryl methyl sites for hydroxylation is 2. The summed E-state index contributed by atoms with van der Waals surface area (Å²) in [5, 5.41) is 13.7. The molecule has 0 unspecified atom stereocenters. The highest BCUT2D eigenvalue weighted by Gasteiger charge is 2.07. The molecule has 202 valence electrons.